The summed E-state index contributed by atoms with van der Waals surface area (Å²) in [5.41, 5.74) is 4.07. The standard InChI is InChI=1S/C24H27N7O2S/c1-16(2)31-14-23(25-15-31)34(32,33)30-21-11-9-19(10-12-21)27-22-13-18(4)26-24(29-22)28-20-7-5-17(3)6-8-20/h5-16,30H,1-4H3,(H2,26,27,28,29). The predicted molar refractivity (Wildman–Crippen MR) is 134 cm³/mol. The SMILES string of the molecule is Cc1ccc(Nc2nc(C)cc(Nc3ccc(NS(=O)(=O)c4cn(C(C)C)cn4)cc3)n2)cc1. The number of anilines is 5. The zero-order valence-corrected chi connectivity index (χ0v) is 20.3. The molecule has 0 fully saturated rings. The molecule has 0 saturated heterocycles. The number of hydrogen-bond acceptors (Lipinski definition) is 7. The van der Waals surface area contributed by atoms with E-state index in [1.807, 2.05) is 58.0 Å². The summed E-state index contributed by atoms with van der Waals surface area (Å²) in [6.07, 6.45) is 3.03. The molecule has 0 spiro atoms. The first-order valence-corrected chi connectivity index (χ1v) is 12.3. The minimum atomic E-state index is -3.77. The molecule has 0 unspecified atom stereocenters. The van der Waals surface area contributed by atoms with E-state index in [4.69, 9.17) is 0 Å². The Morgan fingerprint density at radius 3 is 2.12 bits per heavy atom. The molecule has 0 aliphatic carbocycles. The molecule has 0 amide bonds. The fraction of sp³-hybridized carbons (Fsp3) is 0.208. The van der Waals surface area contributed by atoms with E-state index in [-0.39, 0.29) is 11.1 Å². The van der Waals surface area contributed by atoms with Gasteiger partial charge in [0.15, 0.2) is 5.03 Å². The Morgan fingerprint density at radius 2 is 1.47 bits per heavy atom. The van der Waals surface area contributed by atoms with E-state index in [1.54, 1.807) is 28.8 Å². The fourth-order valence-corrected chi connectivity index (χ4v) is 4.17. The Labute approximate surface area is 199 Å². The van der Waals surface area contributed by atoms with Gasteiger partial charge in [-0.1, -0.05) is 17.7 Å². The van der Waals surface area contributed by atoms with Gasteiger partial charge in [0, 0.05) is 41.1 Å². The molecule has 2 aromatic carbocycles. The minimum Gasteiger partial charge on any atom is -0.340 e. The molecular weight excluding hydrogens is 450 g/mol. The number of rotatable bonds is 8. The molecule has 4 aromatic rings. The quantitative estimate of drug-likeness (QED) is 0.321. The number of sulfonamides is 1. The highest BCUT2D eigenvalue weighted by Crippen LogP contribution is 2.22. The molecule has 2 aromatic heterocycles. The first kappa shape index (κ1) is 23.2. The van der Waals surface area contributed by atoms with Crippen LogP contribution in [-0.2, 0) is 10.0 Å². The Kier molecular flexibility index (Phi) is 6.51. The number of benzene rings is 2. The van der Waals surface area contributed by atoms with E-state index in [2.05, 4.69) is 30.3 Å². The van der Waals surface area contributed by atoms with Crippen molar-refractivity contribution in [2.75, 3.05) is 15.4 Å². The van der Waals surface area contributed by atoms with Gasteiger partial charge in [-0.25, -0.2) is 9.97 Å². The van der Waals surface area contributed by atoms with Crippen molar-refractivity contribution < 1.29 is 8.42 Å². The van der Waals surface area contributed by atoms with E-state index in [0.29, 0.717) is 17.5 Å². The Bertz CT molecular complexity index is 1380. The monoisotopic (exact) mass is 477 g/mol. The summed E-state index contributed by atoms with van der Waals surface area (Å²) in [6, 6.07) is 16.8. The van der Waals surface area contributed by atoms with E-state index in [9.17, 15) is 8.42 Å². The minimum absolute atomic E-state index is 0.0199. The van der Waals surface area contributed by atoms with Gasteiger partial charge in [-0.15, -0.1) is 0 Å². The van der Waals surface area contributed by atoms with Crippen LogP contribution in [0.4, 0.5) is 28.8 Å². The third-order valence-corrected chi connectivity index (χ3v) is 6.29. The number of aryl methyl sites for hydroxylation is 2. The van der Waals surface area contributed by atoms with Gasteiger partial charge < -0.3 is 15.2 Å². The summed E-state index contributed by atoms with van der Waals surface area (Å²) in [4.78, 5) is 13.0. The highest BCUT2D eigenvalue weighted by atomic mass is 32.2. The number of nitrogens with zero attached hydrogens (tertiary/aromatic N) is 4. The summed E-state index contributed by atoms with van der Waals surface area (Å²) in [5, 5.41) is 6.42. The molecule has 0 radical (unpaired) electrons. The summed E-state index contributed by atoms with van der Waals surface area (Å²) >= 11 is 0. The number of nitrogens with one attached hydrogen (secondary N) is 3. The number of hydrogen-bond donors (Lipinski definition) is 3. The molecule has 0 aliphatic heterocycles. The van der Waals surface area contributed by atoms with Gasteiger partial charge >= 0.3 is 0 Å². The molecule has 0 aliphatic rings. The normalized spacial score (nSPS) is 11.4. The van der Waals surface area contributed by atoms with Crippen LogP contribution in [0.25, 0.3) is 0 Å². The topological polar surface area (TPSA) is 114 Å². The molecule has 9 nitrogen and oxygen atoms in total. The largest absolute Gasteiger partial charge is 0.340 e. The average molecular weight is 478 g/mol. The second-order valence-electron chi connectivity index (χ2n) is 8.27. The fourth-order valence-electron chi connectivity index (χ4n) is 3.17. The van der Waals surface area contributed by atoms with Crippen molar-refractivity contribution in [2.45, 2.75) is 38.8 Å². The van der Waals surface area contributed by atoms with Crippen LogP contribution in [0.1, 0.15) is 31.1 Å². The number of imidazole rings is 1. The maximum Gasteiger partial charge on any atom is 0.280 e. The summed E-state index contributed by atoms with van der Waals surface area (Å²) in [6.45, 7) is 7.84. The highest BCUT2D eigenvalue weighted by Gasteiger charge is 2.18. The van der Waals surface area contributed by atoms with Crippen molar-refractivity contribution in [3.63, 3.8) is 0 Å². The summed E-state index contributed by atoms with van der Waals surface area (Å²) in [5.74, 6) is 1.10. The van der Waals surface area contributed by atoms with Gasteiger partial charge in [0.05, 0.1) is 6.33 Å². The maximum atomic E-state index is 12.6. The first-order valence-electron chi connectivity index (χ1n) is 10.8. The second-order valence-corrected chi connectivity index (χ2v) is 9.90. The van der Waals surface area contributed by atoms with Crippen LogP contribution in [-0.4, -0.2) is 27.9 Å². The van der Waals surface area contributed by atoms with Crippen LogP contribution in [0.3, 0.4) is 0 Å². The van der Waals surface area contributed by atoms with Crippen LogP contribution in [0, 0.1) is 13.8 Å². The van der Waals surface area contributed by atoms with Crippen LogP contribution in [0.15, 0.2) is 72.1 Å². The second kappa shape index (κ2) is 9.52. The van der Waals surface area contributed by atoms with Crippen molar-refractivity contribution in [3.05, 3.63) is 78.4 Å². The molecule has 0 atom stereocenters. The smallest absolute Gasteiger partial charge is 0.280 e. The van der Waals surface area contributed by atoms with Crippen molar-refractivity contribution in [1.29, 1.82) is 0 Å². The van der Waals surface area contributed by atoms with E-state index < -0.39 is 10.0 Å². The summed E-state index contributed by atoms with van der Waals surface area (Å²) < 4.78 is 29.6. The molecule has 10 heteroatoms. The molecular formula is C24H27N7O2S. The van der Waals surface area contributed by atoms with Gasteiger partial charge in [-0.2, -0.15) is 13.4 Å². The van der Waals surface area contributed by atoms with E-state index >= 15 is 0 Å². The van der Waals surface area contributed by atoms with Crippen molar-refractivity contribution in [2.24, 2.45) is 0 Å². The van der Waals surface area contributed by atoms with Gasteiger partial charge in [0.25, 0.3) is 10.0 Å². The molecule has 34 heavy (non-hydrogen) atoms. The molecule has 4 rings (SSSR count). The number of aromatic nitrogens is 4. The van der Waals surface area contributed by atoms with Crippen LogP contribution >= 0.6 is 0 Å². The lowest BCUT2D eigenvalue weighted by molar-refractivity contribution is 0.591. The summed E-state index contributed by atoms with van der Waals surface area (Å²) in [7, 11) is -3.77. The van der Waals surface area contributed by atoms with Crippen LogP contribution in [0.5, 0.6) is 0 Å². The van der Waals surface area contributed by atoms with Crippen LogP contribution in [0.2, 0.25) is 0 Å². The molecule has 176 valence electrons. The van der Waals surface area contributed by atoms with E-state index in [1.165, 1.54) is 18.1 Å². The average Bonchev–Trinajstić information content (AvgIpc) is 3.28. The third-order valence-electron chi connectivity index (χ3n) is 5.02. The lowest BCUT2D eigenvalue weighted by Crippen LogP contribution is -2.13. The highest BCUT2D eigenvalue weighted by molar-refractivity contribution is 7.92. The lowest BCUT2D eigenvalue weighted by Gasteiger charge is -2.11. The third kappa shape index (κ3) is 5.70. The van der Waals surface area contributed by atoms with Gasteiger partial charge in [-0.3, -0.25) is 4.72 Å². The molecule has 2 heterocycles. The van der Waals surface area contributed by atoms with Gasteiger partial charge in [-0.05, 0) is 64.1 Å². The van der Waals surface area contributed by atoms with Crippen molar-refractivity contribution >= 4 is 38.9 Å². The van der Waals surface area contributed by atoms with Gasteiger partial charge in [0.1, 0.15) is 5.82 Å². The molecule has 3 N–H and O–H groups in total. The molecule has 0 bridgehead atoms. The Hall–Kier alpha value is -3.92. The zero-order chi connectivity index (χ0) is 24.3. The molecule has 0 saturated carbocycles. The van der Waals surface area contributed by atoms with Crippen LogP contribution < -0.4 is 15.4 Å². The lowest BCUT2D eigenvalue weighted by atomic mass is 10.2. The van der Waals surface area contributed by atoms with Crippen molar-refractivity contribution in [3.8, 4) is 0 Å². The van der Waals surface area contributed by atoms with E-state index in [0.717, 1.165) is 17.1 Å². The Morgan fingerprint density at radius 1 is 0.853 bits per heavy atom. The maximum absolute atomic E-state index is 12.6. The first-order chi connectivity index (χ1) is 16.2. The zero-order valence-electron chi connectivity index (χ0n) is 19.4. The predicted octanol–water partition coefficient (Wildman–Crippen LogP) is 5.16. The van der Waals surface area contributed by atoms with Crippen molar-refractivity contribution in [1.82, 2.24) is 19.5 Å². The Balaban J connectivity index is 1.45. The van der Waals surface area contributed by atoms with Gasteiger partial charge in [0.2, 0.25) is 5.95 Å².